The van der Waals surface area contributed by atoms with E-state index >= 15 is 0 Å². The molecule has 0 radical (unpaired) electrons. The molecule has 0 aliphatic heterocycles. The van der Waals surface area contributed by atoms with Crippen LogP contribution in [0.25, 0.3) is 11.6 Å². The van der Waals surface area contributed by atoms with E-state index in [1.54, 1.807) is 30.3 Å². The summed E-state index contributed by atoms with van der Waals surface area (Å²) < 4.78 is 7.95. The van der Waals surface area contributed by atoms with Crippen LogP contribution in [0.15, 0.2) is 60.7 Å². The number of halogens is 2. The van der Waals surface area contributed by atoms with Gasteiger partial charge in [-0.3, -0.25) is 0 Å². The van der Waals surface area contributed by atoms with E-state index < -0.39 is 5.97 Å². The molecule has 0 fully saturated rings. The van der Waals surface area contributed by atoms with Crippen molar-refractivity contribution in [2.75, 3.05) is 0 Å². The van der Waals surface area contributed by atoms with Crippen LogP contribution in [0.4, 0.5) is 0 Å². The third kappa shape index (κ3) is 5.63. The Kier molecular flexibility index (Phi) is 7.66. The van der Waals surface area contributed by atoms with E-state index in [4.69, 9.17) is 9.84 Å². The van der Waals surface area contributed by atoms with E-state index in [0.29, 0.717) is 22.4 Å². The van der Waals surface area contributed by atoms with Crippen molar-refractivity contribution < 1.29 is 14.6 Å². The number of ether oxygens (including phenoxy) is 1. The molecule has 0 saturated heterocycles. The highest BCUT2D eigenvalue weighted by Gasteiger charge is 2.13. The molecule has 0 aromatic heterocycles. The first-order valence-electron chi connectivity index (χ1n) is 8.98. The Morgan fingerprint density at radius 3 is 2.35 bits per heavy atom. The molecule has 31 heavy (non-hydrogen) atoms. The Bertz CT molecular complexity index is 1250. The van der Waals surface area contributed by atoms with Crippen LogP contribution in [0.2, 0.25) is 0 Å². The third-order valence-corrected chi connectivity index (χ3v) is 5.83. The van der Waals surface area contributed by atoms with Gasteiger partial charge in [0.1, 0.15) is 12.4 Å². The maximum atomic E-state index is 11.1. The standard InChI is InChI=1S/C24H14I2N2O3/c25-21-10-19(9-20(13-28)15-5-7-16(8-6-15)24(29)30)23(22(26)11-21)31-14-18-4-2-1-3-17(18)12-27/h1-11H,14H2,(H,29,30)/b20-9-. The predicted octanol–water partition coefficient (Wildman–Crippen LogP) is 6.11. The van der Waals surface area contributed by atoms with E-state index in [1.807, 2.05) is 24.3 Å². The highest BCUT2D eigenvalue weighted by molar-refractivity contribution is 14.1. The molecule has 0 amide bonds. The minimum absolute atomic E-state index is 0.157. The van der Waals surface area contributed by atoms with Gasteiger partial charge >= 0.3 is 5.97 Å². The normalized spacial score (nSPS) is 10.8. The van der Waals surface area contributed by atoms with Gasteiger partial charge < -0.3 is 9.84 Å². The van der Waals surface area contributed by atoms with Crippen molar-refractivity contribution in [3.05, 3.63) is 95.6 Å². The zero-order chi connectivity index (χ0) is 22.4. The first kappa shape index (κ1) is 22.8. The lowest BCUT2D eigenvalue weighted by molar-refractivity contribution is 0.0697. The van der Waals surface area contributed by atoms with Gasteiger partial charge in [0.05, 0.1) is 32.4 Å². The van der Waals surface area contributed by atoms with Gasteiger partial charge in [-0.2, -0.15) is 10.5 Å². The smallest absolute Gasteiger partial charge is 0.335 e. The molecule has 3 aromatic carbocycles. The average molecular weight is 632 g/mol. The second kappa shape index (κ2) is 10.4. The highest BCUT2D eigenvalue weighted by Crippen LogP contribution is 2.32. The maximum Gasteiger partial charge on any atom is 0.335 e. The summed E-state index contributed by atoms with van der Waals surface area (Å²) in [5.74, 6) is -0.404. The van der Waals surface area contributed by atoms with Crippen LogP contribution < -0.4 is 4.74 Å². The highest BCUT2D eigenvalue weighted by atomic mass is 127. The van der Waals surface area contributed by atoms with E-state index in [2.05, 4.69) is 57.3 Å². The fourth-order valence-corrected chi connectivity index (χ4v) is 4.92. The summed E-state index contributed by atoms with van der Waals surface area (Å²) in [5.41, 5.74) is 3.21. The van der Waals surface area contributed by atoms with Gasteiger partial charge in [-0.25, -0.2) is 4.79 Å². The Morgan fingerprint density at radius 1 is 1.03 bits per heavy atom. The Labute approximate surface area is 206 Å². The minimum Gasteiger partial charge on any atom is -0.487 e. The second-order valence-corrected chi connectivity index (χ2v) is 8.82. The molecule has 0 atom stereocenters. The van der Waals surface area contributed by atoms with Crippen molar-refractivity contribution in [2.24, 2.45) is 0 Å². The number of hydrogen-bond donors (Lipinski definition) is 1. The van der Waals surface area contributed by atoms with Crippen LogP contribution in [-0.4, -0.2) is 11.1 Å². The number of hydrogen-bond acceptors (Lipinski definition) is 4. The summed E-state index contributed by atoms with van der Waals surface area (Å²) in [7, 11) is 0. The number of nitrogens with zero attached hydrogens (tertiary/aromatic N) is 2. The van der Waals surface area contributed by atoms with Crippen molar-refractivity contribution in [1.82, 2.24) is 0 Å². The topological polar surface area (TPSA) is 94.1 Å². The van der Waals surface area contributed by atoms with E-state index in [-0.39, 0.29) is 12.2 Å². The molecule has 5 nitrogen and oxygen atoms in total. The summed E-state index contributed by atoms with van der Waals surface area (Å²) >= 11 is 4.39. The molecule has 152 valence electrons. The molecular formula is C24H14I2N2O3. The molecule has 7 heteroatoms. The summed E-state index contributed by atoms with van der Waals surface area (Å²) in [5, 5.41) is 28.1. The predicted molar refractivity (Wildman–Crippen MR) is 134 cm³/mol. The van der Waals surface area contributed by atoms with Gasteiger partial charge in [-0.15, -0.1) is 0 Å². The third-order valence-electron chi connectivity index (χ3n) is 4.41. The molecule has 3 rings (SSSR count). The Morgan fingerprint density at radius 2 is 1.71 bits per heavy atom. The van der Waals surface area contributed by atoms with Gasteiger partial charge in [0.2, 0.25) is 0 Å². The van der Waals surface area contributed by atoms with Crippen LogP contribution >= 0.6 is 45.2 Å². The molecule has 3 aromatic rings. The summed E-state index contributed by atoms with van der Waals surface area (Å²) in [6.45, 7) is 0.219. The molecule has 0 bridgehead atoms. The summed E-state index contributed by atoms with van der Waals surface area (Å²) in [6, 6.07) is 21.6. The molecule has 0 heterocycles. The Balaban J connectivity index is 1.99. The van der Waals surface area contributed by atoms with Crippen molar-refractivity contribution in [3.8, 4) is 17.9 Å². The van der Waals surface area contributed by atoms with E-state index in [1.165, 1.54) is 12.1 Å². The monoisotopic (exact) mass is 632 g/mol. The van der Waals surface area contributed by atoms with Crippen LogP contribution in [0.5, 0.6) is 5.75 Å². The van der Waals surface area contributed by atoms with Crippen molar-refractivity contribution in [3.63, 3.8) is 0 Å². The van der Waals surface area contributed by atoms with Gasteiger partial charge in [-0.05, 0) is 87.2 Å². The van der Waals surface area contributed by atoms with Gasteiger partial charge in [0.25, 0.3) is 0 Å². The number of rotatable bonds is 6. The maximum absolute atomic E-state index is 11.1. The molecule has 0 spiro atoms. The number of aromatic carboxylic acids is 1. The van der Waals surface area contributed by atoms with Crippen LogP contribution in [0, 0.1) is 29.8 Å². The van der Waals surface area contributed by atoms with Crippen LogP contribution in [0.3, 0.4) is 0 Å². The zero-order valence-corrected chi connectivity index (χ0v) is 20.3. The molecule has 1 N–H and O–H groups in total. The molecule has 0 aliphatic rings. The molecular weight excluding hydrogens is 618 g/mol. The van der Waals surface area contributed by atoms with Gasteiger partial charge in [0, 0.05) is 14.7 Å². The molecule has 0 unspecified atom stereocenters. The number of carboxylic acid groups (broad SMARTS) is 1. The lowest BCUT2D eigenvalue weighted by Crippen LogP contribution is -2.02. The Hall–Kier alpha value is -2.89. The van der Waals surface area contributed by atoms with E-state index in [0.717, 1.165) is 18.3 Å². The lowest BCUT2D eigenvalue weighted by atomic mass is 10.0. The van der Waals surface area contributed by atoms with Crippen molar-refractivity contribution in [1.29, 1.82) is 10.5 Å². The number of carbonyl (C=O) groups is 1. The molecule has 0 saturated carbocycles. The van der Waals surface area contributed by atoms with Crippen molar-refractivity contribution >= 4 is 62.8 Å². The number of nitriles is 2. The number of carboxylic acids is 1. The average Bonchev–Trinajstić information content (AvgIpc) is 2.77. The summed E-state index contributed by atoms with van der Waals surface area (Å²) in [4.78, 5) is 11.1. The number of allylic oxidation sites excluding steroid dienone is 1. The largest absolute Gasteiger partial charge is 0.487 e. The number of benzene rings is 3. The SMILES string of the molecule is N#C/C(=C/c1cc(I)cc(I)c1OCc1ccccc1C#N)c1ccc(C(=O)O)cc1. The van der Waals surface area contributed by atoms with Gasteiger partial charge in [0.15, 0.2) is 0 Å². The second-order valence-electron chi connectivity index (χ2n) is 6.42. The first-order valence-corrected chi connectivity index (χ1v) is 11.1. The van der Waals surface area contributed by atoms with E-state index in [9.17, 15) is 15.3 Å². The summed E-state index contributed by atoms with van der Waals surface area (Å²) in [6.07, 6.45) is 1.73. The zero-order valence-electron chi connectivity index (χ0n) is 16.0. The fraction of sp³-hybridized carbons (Fsp3) is 0.0417. The fourth-order valence-electron chi connectivity index (χ4n) is 2.87. The lowest BCUT2D eigenvalue weighted by Gasteiger charge is -2.13. The quantitative estimate of drug-likeness (QED) is 0.201. The first-order chi connectivity index (χ1) is 14.9. The van der Waals surface area contributed by atoms with Gasteiger partial charge in [-0.1, -0.05) is 30.3 Å². The van der Waals surface area contributed by atoms with Crippen molar-refractivity contribution in [2.45, 2.75) is 6.61 Å². The molecule has 0 aliphatic carbocycles. The minimum atomic E-state index is -1.02. The van der Waals surface area contributed by atoms with Crippen LogP contribution in [0.1, 0.15) is 32.6 Å². The van der Waals surface area contributed by atoms with Crippen LogP contribution in [-0.2, 0) is 6.61 Å².